The normalized spacial score (nSPS) is 13.7. The molecular formula is C27H33F6N5O5. The fourth-order valence-electron chi connectivity index (χ4n) is 3.98. The van der Waals surface area contributed by atoms with Crippen molar-refractivity contribution < 1.29 is 50.6 Å². The Morgan fingerprint density at radius 1 is 1.00 bits per heavy atom. The van der Waals surface area contributed by atoms with Crippen LogP contribution in [0, 0.1) is 5.82 Å². The highest BCUT2D eigenvalue weighted by Gasteiger charge is 2.34. The van der Waals surface area contributed by atoms with E-state index in [1.807, 2.05) is 0 Å². The molecule has 8 N–H and O–H groups in total. The lowest BCUT2D eigenvalue weighted by atomic mass is 9.94. The maximum atomic E-state index is 14.4. The number of nitrogens with two attached hydrogens (primary N) is 3. The van der Waals surface area contributed by atoms with E-state index in [9.17, 15) is 45.8 Å². The van der Waals surface area contributed by atoms with Crippen LogP contribution in [0.2, 0.25) is 0 Å². The minimum atomic E-state index is -4.68. The van der Waals surface area contributed by atoms with Gasteiger partial charge < -0.3 is 37.3 Å². The van der Waals surface area contributed by atoms with Gasteiger partial charge in [0.25, 0.3) is 6.43 Å². The van der Waals surface area contributed by atoms with Crippen molar-refractivity contribution in [1.82, 2.24) is 10.2 Å². The number of ketones is 1. The van der Waals surface area contributed by atoms with Gasteiger partial charge in [-0.25, -0.2) is 13.2 Å². The zero-order valence-corrected chi connectivity index (χ0v) is 22.8. The second-order valence-corrected chi connectivity index (χ2v) is 9.43. The van der Waals surface area contributed by atoms with Crippen molar-refractivity contribution in [1.29, 1.82) is 0 Å². The maximum Gasteiger partial charge on any atom is 0.416 e. The Balaban J connectivity index is 2.29. The van der Waals surface area contributed by atoms with Gasteiger partial charge in [-0.15, -0.1) is 0 Å². The summed E-state index contributed by atoms with van der Waals surface area (Å²) in [6, 6.07) is 2.89. The monoisotopic (exact) mass is 621 g/mol. The number of alkyl halides is 5. The molecule has 43 heavy (non-hydrogen) atoms. The van der Waals surface area contributed by atoms with Gasteiger partial charge >= 0.3 is 6.18 Å². The molecule has 16 heteroatoms. The van der Waals surface area contributed by atoms with Gasteiger partial charge in [-0.1, -0.05) is 18.2 Å². The molecule has 0 saturated heterocycles. The largest absolute Gasteiger partial charge is 0.485 e. The van der Waals surface area contributed by atoms with E-state index in [1.54, 1.807) is 0 Å². The Labute approximate surface area is 243 Å². The Morgan fingerprint density at radius 2 is 1.60 bits per heavy atom. The summed E-state index contributed by atoms with van der Waals surface area (Å²) in [7, 11) is 0. The van der Waals surface area contributed by atoms with Crippen LogP contribution >= 0.6 is 0 Å². The molecule has 238 valence electrons. The Bertz CT molecular complexity index is 1230. The smallest absolute Gasteiger partial charge is 0.416 e. The number of aliphatic hydroxyl groups excluding tert-OH is 1. The first-order chi connectivity index (χ1) is 20.2. The summed E-state index contributed by atoms with van der Waals surface area (Å²) in [5.74, 6) is -4.07. The van der Waals surface area contributed by atoms with Crippen molar-refractivity contribution in [3.8, 4) is 5.75 Å². The summed E-state index contributed by atoms with van der Waals surface area (Å²) >= 11 is 0. The van der Waals surface area contributed by atoms with E-state index < -0.39 is 85.0 Å². The first-order valence-electron chi connectivity index (χ1n) is 13.0. The van der Waals surface area contributed by atoms with Crippen LogP contribution in [0.25, 0.3) is 0 Å². The molecule has 2 amide bonds. The van der Waals surface area contributed by atoms with Crippen LogP contribution in [0.3, 0.4) is 0 Å². The molecule has 10 nitrogen and oxygen atoms in total. The summed E-state index contributed by atoms with van der Waals surface area (Å²) in [6.45, 7) is -0.561. The zero-order valence-electron chi connectivity index (χ0n) is 22.8. The lowest BCUT2D eigenvalue weighted by molar-refractivity contribution is -0.137. The van der Waals surface area contributed by atoms with Crippen LogP contribution in [-0.2, 0) is 27.0 Å². The Hall–Kier alpha value is -3.73. The number of halogens is 6. The van der Waals surface area contributed by atoms with Gasteiger partial charge in [0, 0.05) is 32.6 Å². The number of nitrogens with one attached hydrogen (secondary N) is 1. The van der Waals surface area contributed by atoms with Crippen LogP contribution in [0.4, 0.5) is 26.3 Å². The second kappa shape index (κ2) is 16.2. The number of Topliss-reactive ketones (excluding diaryl/α,β-unsaturated/α-hetero) is 1. The molecule has 2 aromatic carbocycles. The topological polar surface area (TPSA) is 174 Å². The molecular weight excluding hydrogens is 588 g/mol. The highest BCUT2D eigenvalue weighted by atomic mass is 19.4. The third-order valence-corrected chi connectivity index (χ3v) is 6.16. The predicted octanol–water partition coefficient (Wildman–Crippen LogP) is 1.28. The van der Waals surface area contributed by atoms with E-state index in [0.717, 1.165) is 24.3 Å². The van der Waals surface area contributed by atoms with E-state index in [4.69, 9.17) is 17.2 Å². The van der Waals surface area contributed by atoms with E-state index in [2.05, 4.69) is 10.1 Å². The molecule has 0 aliphatic rings. The van der Waals surface area contributed by atoms with Gasteiger partial charge in [0.1, 0.15) is 18.8 Å². The van der Waals surface area contributed by atoms with E-state index in [1.165, 1.54) is 11.0 Å². The number of amides is 2. The molecule has 2 aromatic rings. The summed E-state index contributed by atoms with van der Waals surface area (Å²) in [5, 5.41) is 13.2. The van der Waals surface area contributed by atoms with E-state index in [0.29, 0.717) is 12.1 Å². The number of nitrogens with zero attached hydrogens (tertiary/aromatic N) is 1. The summed E-state index contributed by atoms with van der Waals surface area (Å²) < 4.78 is 82.8. The molecule has 0 aromatic heterocycles. The van der Waals surface area contributed by atoms with Crippen molar-refractivity contribution in [2.24, 2.45) is 17.2 Å². The Morgan fingerprint density at radius 3 is 2.12 bits per heavy atom. The second-order valence-electron chi connectivity index (χ2n) is 9.43. The molecule has 0 heterocycles. The number of ether oxygens (including phenoxy) is 1. The molecule has 0 radical (unpaired) electrons. The molecule has 0 fully saturated rings. The highest BCUT2D eigenvalue weighted by Crippen LogP contribution is 2.30. The fraction of sp³-hybridized carbons (Fsp3) is 0.444. The van der Waals surface area contributed by atoms with E-state index in [-0.39, 0.29) is 37.3 Å². The van der Waals surface area contributed by atoms with Crippen LogP contribution in [0.1, 0.15) is 29.2 Å². The van der Waals surface area contributed by atoms with Gasteiger partial charge in [-0.2, -0.15) is 13.2 Å². The first kappa shape index (κ1) is 35.5. The minimum Gasteiger partial charge on any atom is -0.485 e. The molecule has 0 unspecified atom stereocenters. The molecule has 3 atom stereocenters. The van der Waals surface area contributed by atoms with Gasteiger partial charge in [0.2, 0.25) is 11.8 Å². The summed E-state index contributed by atoms with van der Waals surface area (Å²) in [4.78, 5) is 40.1. The van der Waals surface area contributed by atoms with Crippen LogP contribution < -0.4 is 27.3 Å². The quantitative estimate of drug-likeness (QED) is 0.174. The van der Waals surface area contributed by atoms with Crippen molar-refractivity contribution in [2.45, 2.75) is 43.6 Å². The average molecular weight is 622 g/mol. The van der Waals surface area contributed by atoms with E-state index >= 15 is 0 Å². The third kappa shape index (κ3) is 10.8. The Kier molecular flexibility index (Phi) is 13.4. The molecule has 0 bridgehead atoms. The van der Waals surface area contributed by atoms with Crippen molar-refractivity contribution in [3.63, 3.8) is 0 Å². The van der Waals surface area contributed by atoms with Crippen LogP contribution in [0.5, 0.6) is 5.75 Å². The zero-order chi connectivity index (χ0) is 32.3. The number of rotatable bonds is 16. The van der Waals surface area contributed by atoms with Gasteiger partial charge in [0.15, 0.2) is 17.3 Å². The molecule has 2 rings (SSSR count). The predicted molar refractivity (Wildman–Crippen MR) is 142 cm³/mol. The van der Waals surface area contributed by atoms with Crippen molar-refractivity contribution >= 4 is 17.6 Å². The number of aliphatic hydroxyl groups is 1. The van der Waals surface area contributed by atoms with Crippen LogP contribution in [-0.4, -0.2) is 78.9 Å². The highest BCUT2D eigenvalue weighted by molar-refractivity contribution is 5.94. The lowest BCUT2D eigenvalue weighted by Crippen LogP contribution is -2.52. The van der Waals surface area contributed by atoms with Crippen LogP contribution in [0.15, 0.2) is 42.5 Å². The summed E-state index contributed by atoms with van der Waals surface area (Å²) in [6.07, 6.45) is -10.5. The van der Waals surface area contributed by atoms with Gasteiger partial charge in [-0.3, -0.25) is 14.4 Å². The third-order valence-electron chi connectivity index (χ3n) is 6.16. The van der Waals surface area contributed by atoms with Gasteiger partial charge in [0.05, 0.1) is 18.0 Å². The maximum absolute atomic E-state index is 14.4. The van der Waals surface area contributed by atoms with Crippen molar-refractivity contribution in [2.75, 3.05) is 32.8 Å². The number of carbonyl (C=O) groups excluding carboxylic acids is 3. The number of benzene rings is 2. The first-order valence-corrected chi connectivity index (χ1v) is 13.0. The molecule has 0 aliphatic carbocycles. The molecule has 0 saturated carbocycles. The average Bonchev–Trinajstić information content (AvgIpc) is 2.94. The number of hydrogen-bond acceptors (Lipinski definition) is 8. The minimum absolute atomic E-state index is 0.00412. The molecule has 0 spiro atoms. The standard InChI is InChI=1S/C27H33F6N5O5/c28-18-11-15(1-6-21(18)43-14-22(29)30)12-20(39)24(25(41)16-2-4-17(5-3-16)27(31,32)33)37-26(42)19(36)13-23(40)38(9-7-34)10-8-35/h1-6,11,19,22,24-25,41H,7-10,12-14,34-36H2,(H,37,42)/t19-,24+,25+/m0/s1. The fourth-order valence-corrected chi connectivity index (χ4v) is 3.98. The molecule has 0 aliphatic heterocycles. The van der Waals surface area contributed by atoms with Crippen molar-refractivity contribution in [3.05, 3.63) is 65.0 Å². The SMILES string of the molecule is NCCN(CCN)C(=O)C[C@H](N)C(=O)N[C@H](C(=O)Cc1ccc(OCC(F)F)c(F)c1)[C@H](O)c1ccc(C(F)(F)F)cc1. The number of carbonyl (C=O) groups is 3. The number of hydrogen-bond donors (Lipinski definition) is 5. The lowest BCUT2D eigenvalue weighted by Gasteiger charge is -2.26. The summed E-state index contributed by atoms with van der Waals surface area (Å²) in [5.41, 5.74) is 15.7. The van der Waals surface area contributed by atoms with Gasteiger partial charge in [-0.05, 0) is 35.4 Å².